The molecule has 0 saturated carbocycles. The van der Waals surface area contributed by atoms with Crippen molar-refractivity contribution in [3.05, 3.63) is 28.2 Å². The third-order valence-corrected chi connectivity index (χ3v) is 2.98. The number of urea groups is 1. The summed E-state index contributed by atoms with van der Waals surface area (Å²) >= 11 is 3.16. The van der Waals surface area contributed by atoms with Gasteiger partial charge in [0.2, 0.25) is 0 Å². The fourth-order valence-electron chi connectivity index (χ4n) is 1.46. The second kappa shape index (κ2) is 7.79. The average Bonchev–Trinajstić information content (AvgIpc) is 2.40. The van der Waals surface area contributed by atoms with E-state index in [2.05, 4.69) is 26.6 Å². The average molecular weight is 373 g/mol. The van der Waals surface area contributed by atoms with Gasteiger partial charge in [-0.05, 0) is 39.0 Å². The van der Waals surface area contributed by atoms with Gasteiger partial charge in [0.25, 0.3) is 5.91 Å². The van der Waals surface area contributed by atoms with E-state index in [-0.39, 0.29) is 17.4 Å². The maximum absolute atomic E-state index is 11.9. The number of rotatable bonds is 4. The van der Waals surface area contributed by atoms with E-state index >= 15 is 0 Å². The first-order valence-electron chi connectivity index (χ1n) is 6.51. The van der Waals surface area contributed by atoms with E-state index in [4.69, 9.17) is 4.74 Å². The van der Waals surface area contributed by atoms with Gasteiger partial charge in [-0.25, -0.2) is 9.59 Å². The first-order chi connectivity index (χ1) is 10.2. The number of imide groups is 1. The predicted octanol–water partition coefficient (Wildman–Crippen LogP) is 1.93. The topological polar surface area (TPSA) is 105 Å². The van der Waals surface area contributed by atoms with E-state index in [0.29, 0.717) is 4.47 Å². The summed E-state index contributed by atoms with van der Waals surface area (Å²) in [6, 6.07) is 3.44. The highest BCUT2D eigenvalue weighted by atomic mass is 79.9. The molecule has 0 aliphatic heterocycles. The van der Waals surface area contributed by atoms with E-state index in [9.17, 15) is 19.5 Å². The zero-order valence-electron chi connectivity index (χ0n) is 12.3. The molecule has 0 unspecified atom stereocenters. The van der Waals surface area contributed by atoms with E-state index < -0.39 is 24.0 Å². The van der Waals surface area contributed by atoms with Gasteiger partial charge in [0, 0.05) is 10.5 Å². The Morgan fingerprint density at radius 2 is 1.86 bits per heavy atom. The molecule has 1 atom stereocenters. The Morgan fingerprint density at radius 1 is 1.23 bits per heavy atom. The van der Waals surface area contributed by atoms with Crippen LogP contribution < -0.4 is 10.6 Å². The molecule has 120 valence electrons. The smallest absolute Gasteiger partial charge is 0.342 e. The van der Waals surface area contributed by atoms with Crippen LogP contribution in [0, 0.1) is 0 Å². The van der Waals surface area contributed by atoms with Crippen LogP contribution in [0.25, 0.3) is 0 Å². The number of carbonyl (C=O) groups is 3. The van der Waals surface area contributed by atoms with Crippen LogP contribution in [0.2, 0.25) is 0 Å². The van der Waals surface area contributed by atoms with Gasteiger partial charge >= 0.3 is 12.0 Å². The molecular weight excluding hydrogens is 356 g/mol. The highest BCUT2D eigenvalue weighted by Crippen LogP contribution is 2.22. The molecule has 0 aromatic heterocycles. The van der Waals surface area contributed by atoms with Crippen LogP contribution >= 0.6 is 15.9 Å². The van der Waals surface area contributed by atoms with E-state index in [1.54, 1.807) is 19.9 Å². The summed E-state index contributed by atoms with van der Waals surface area (Å²) in [6.45, 7) is 4.80. The number of hydrogen-bond acceptors (Lipinski definition) is 5. The molecule has 7 nitrogen and oxygen atoms in total. The standard InChI is InChI=1S/C14H17BrN2O5/c1-7(2)16-14(21)17-12(19)8(3)22-13(20)10-6-9(15)4-5-11(10)18/h4-8,18H,1-3H3,(H2,16,17,19,21)/t8-/m1/s1. The summed E-state index contributed by atoms with van der Waals surface area (Å²) < 4.78 is 5.50. The van der Waals surface area contributed by atoms with Gasteiger partial charge in [-0.1, -0.05) is 15.9 Å². The number of halogens is 1. The summed E-state index contributed by atoms with van der Waals surface area (Å²) in [7, 11) is 0. The molecule has 3 amide bonds. The number of nitrogens with one attached hydrogen (secondary N) is 2. The van der Waals surface area contributed by atoms with Crippen molar-refractivity contribution < 1.29 is 24.2 Å². The number of aromatic hydroxyl groups is 1. The lowest BCUT2D eigenvalue weighted by molar-refractivity contribution is -0.127. The predicted molar refractivity (Wildman–Crippen MR) is 82.5 cm³/mol. The number of hydrogen-bond donors (Lipinski definition) is 3. The van der Waals surface area contributed by atoms with Crippen LogP contribution in [0.5, 0.6) is 5.75 Å². The normalized spacial score (nSPS) is 11.7. The summed E-state index contributed by atoms with van der Waals surface area (Å²) in [5.74, 6) is -1.90. The van der Waals surface area contributed by atoms with Gasteiger partial charge in [0.1, 0.15) is 11.3 Å². The van der Waals surface area contributed by atoms with Crippen molar-refractivity contribution in [1.29, 1.82) is 0 Å². The fraction of sp³-hybridized carbons (Fsp3) is 0.357. The first kappa shape index (κ1) is 18.0. The second-order valence-electron chi connectivity index (χ2n) is 4.83. The zero-order valence-corrected chi connectivity index (χ0v) is 13.9. The van der Waals surface area contributed by atoms with Gasteiger partial charge < -0.3 is 15.2 Å². The highest BCUT2D eigenvalue weighted by Gasteiger charge is 2.22. The minimum absolute atomic E-state index is 0.0827. The van der Waals surface area contributed by atoms with Gasteiger partial charge in [-0.15, -0.1) is 0 Å². The van der Waals surface area contributed by atoms with E-state index in [1.165, 1.54) is 19.1 Å². The molecule has 0 heterocycles. The molecule has 1 aromatic carbocycles. The third-order valence-electron chi connectivity index (χ3n) is 2.49. The van der Waals surface area contributed by atoms with Gasteiger partial charge in [0.15, 0.2) is 6.10 Å². The molecule has 0 aliphatic carbocycles. The minimum Gasteiger partial charge on any atom is -0.507 e. The van der Waals surface area contributed by atoms with Crippen LogP contribution in [-0.4, -0.2) is 35.2 Å². The molecule has 1 rings (SSSR count). The molecule has 0 spiro atoms. The number of amides is 3. The Bertz CT molecular complexity index is 589. The monoisotopic (exact) mass is 372 g/mol. The van der Waals surface area contributed by atoms with Crippen molar-refractivity contribution in [1.82, 2.24) is 10.6 Å². The summed E-state index contributed by atoms with van der Waals surface area (Å²) in [5.41, 5.74) is -0.0827. The van der Waals surface area contributed by atoms with Crippen molar-refractivity contribution >= 4 is 33.8 Å². The Labute approximate surface area is 136 Å². The quantitative estimate of drug-likeness (QED) is 0.700. The maximum atomic E-state index is 11.9. The molecule has 0 aliphatic rings. The molecule has 8 heteroatoms. The Balaban J connectivity index is 2.65. The Morgan fingerprint density at radius 3 is 2.45 bits per heavy atom. The molecule has 1 aromatic rings. The first-order valence-corrected chi connectivity index (χ1v) is 7.31. The SMILES string of the molecule is CC(C)NC(=O)NC(=O)[C@@H](C)OC(=O)c1cc(Br)ccc1O. The second-order valence-corrected chi connectivity index (χ2v) is 5.74. The summed E-state index contributed by atoms with van der Waals surface area (Å²) in [6.07, 6.45) is -1.19. The largest absolute Gasteiger partial charge is 0.507 e. The molecule has 3 N–H and O–H groups in total. The minimum atomic E-state index is -1.19. The van der Waals surface area contributed by atoms with Gasteiger partial charge in [-0.3, -0.25) is 10.1 Å². The van der Waals surface area contributed by atoms with Gasteiger partial charge in [-0.2, -0.15) is 0 Å². The molecule has 0 saturated heterocycles. The lowest BCUT2D eigenvalue weighted by atomic mass is 10.2. The fourth-order valence-corrected chi connectivity index (χ4v) is 1.82. The number of phenolic OH excluding ortho intramolecular Hbond substituents is 1. The maximum Gasteiger partial charge on any atom is 0.342 e. The molecule has 22 heavy (non-hydrogen) atoms. The van der Waals surface area contributed by atoms with Crippen LogP contribution in [0.1, 0.15) is 31.1 Å². The van der Waals surface area contributed by atoms with Crippen molar-refractivity contribution in [2.45, 2.75) is 32.9 Å². The van der Waals surface area contributed by atoms with E-state index in [0.717, 1.165) is 0 Å². The highest BCUT2D eigenvalue weighted by molar-refractivity contribution is 9.10. The molecular formula is C14H17BrN2O5. The molecule has 0 radical (unpaired) electrons. The molecule has 0 fully saturated rings. The lowest BCUT2D eigenvalue weighted by Crippen LogP contribution is -2.46. The van der Waals surface area contributed by atoms with Crippen LogP contribution in [-0.2, 0) is 9.53 Å². The number of phenols is 1. The third kappa shape index (κ3) is 5.36. The van der Waals surface area contributed by atoms with E-state index in [1.807, 2.05) is 0 Å². The number of carbonyl (C=O) groups excluding carboxylic acids is 3. The molecule has 0 bridgehead atoms. The summed E-state index contributed by atoms with van der Waals surface area (Å²) in [5, 5.41) is 14.1. The van der Waals surface area contributed by atoms with Crippen molar-refractivity contribution in [3.63, 3.8) is 0 Å². The number of esters is 1. The van der Waals surface area contributed by atoms with Crippen molar-refractivity contribution in [2.24, 2.45) is 0 Å². The van der Waals surface area contributed by atoms with Gasteiger partial charge in [0.05, 0.1) is 0 Å². The Hall–Kier alpha value is -2.09. The van der Waals surface area contributed by atoms with Crippen molar-refractivity contribution in [3.8, 4) is 5.75 Å². The summed E-state index contributed by atoms with van der Waals surface area (Å²) in [4.78, 5) is 35.0. The zero-order chi connectivity index (χ0) is 16.9. The Kier molecular flexibility index (Phi) is 6.36. The number of ether oxygens (including phenoxy) is 1. The lowest BCUT2D eigenvalue weighted by Gasteiger charge is -2.14. The number of benzene rings is 1. The van der Waals surface area contributed by atoms with Crippen LogP contribution in [0.4, 0.5) is 4.79 Å². The van der Waals surface area contributed by atoms with Crippen LogP contribution in [0.15, 0.2) is 22.7 Å². The van der Waals surface area contributed by atoms with Crippen LogP contribution in [0.3, 0.4) is 0 Å². The van der Waals surface area contributed by atoms with Crippen molar-refractivity contribution in [2.75, 3.05) is 0 Å².